The minimum Gasteiger partial charge on any atom is -0.369 e. The summed E-state index contributed by atoms with van der Waals surface area (Å²) in [6.07, 6.45) is 8.29. The third-order valence-corrected chi connectivity index (χ3v) is 0.806. The average Bonchev–Trinajstić information content (AvgIpc) is 2.12. The molecule has 0 unspecified atom stereocenters. The van der Waals surface area contributed by atoms with Crippen molar-refractivity contribution in [2.45, 2.75) is 0 Å². The number of primary amides is 1. The molecule has 0 bridgehead atoms. The first kappa shape index (κ1) is 5.60. The topological polar surface area (TPSA) is 43.1 Å². The second-order valence-electron chi connectivity index (χ2n) is 1.38. The molecule has 8 heavy (non-hydrogen) atoms. The van der Waals surface area contributed by atoms with Crippen LogP contribution in [0.15, 0.2) is 0 Å². The van der Waals surface area contributed by atoms with E-state index >= 15 is 0 Å². The number of hydrogen-bond acceptors (Lipinski definition) is 1. The van der Waals surface area contributed by atoms with Crippen molar-refractivity contribution >= 4 is 5.91 Å². The van der Waals surface area contributed by atoms with Crippen molar-refractivity contribution in [1.29, 1.82) is 0 Å². The van der Waals surface area contributed by atoms with Crippen LogP contribution in [0.4, 0.5) is 0 Å². The Morgan fingerprint density at radius 2 is 2.50 bits per heavy atom. The van der Waals surface area contributed by atoms with E-state index in [1.165, 1.54) is 0 Å². The van der Waals surface area contributed by atoms with E-state index in [1.54, 1.807) is 12.8 Å². The Bertz CT molecular complexity index is 94.7. The summed E-state index contributed by atoms with van der Waals surface area (Å²) in [5, 5.41) is 0. The largest absolute Gasteiger partial charge is 0.369 e. The van der Waals surface area contributed by atoms with E-state index in [0.29, 0.717) is 5.92 Å². The van der Waals surface area contributed by atoms with Gasteiger partial charge in [-0.25, -0.2) is 0 Å². The number of carbonyl (C=O) groups excluding carboxylic acids is 1. The lowest BCUT2D eigenvalue weighted by molar-refractivity contribution is -0.115. The zero-order valence-corrected chi connectivity index (χ0v) is 4.14. The molecule has 2 N–H and O–H groups in total. The van der Waals surface area contributed by atoms with Gasteiger partial charge in [0.05, 0.1) is 5.92 Å². The molecule has 0 aliphatic heterocycles. The van der Waals surface area contributed by atoms with E-state index in [9.17, 15) is 4.79 Å². The zero-order chi connectivity index (χ0) is 5.98. The fourth-order valence-corrected chi connectivity index (χ4v) is 0.430. The predicted molar refractivity (Wildman–Crippen MR) is 27.5 cm³/mol. The average molecular weight is 106 g/mol. The van der Waals surface area contributed by atoms with Crippen LogP contribution < -0.4 is 5.73 Å². The molecule has 1 rings (SSSR count). The van der Waals surface area contributed by atoms with Crippen LogP contribution in [-0.2, 0) is 4.79 Å². The maximum absolute atomic E-state index is 10.2. The summed E-state index contributed by atoms with van der Waals surface area (Å²) in [5.41, 5.74) is 4.87. The van der Waals surface area contributed by atoms with Crippen molar-refractivity contribution in [1.82, 2.24) is 0 Å². The van der Waals surface area contributed by atoms with Crippen molar-refractivity contribution < 1.29 is 4.79 Å². The number of carbonyl (C=O) groups is 1. The Balaban J connectivity index is 2.35. The first-order valence-corrected chi connectivity index (χ1v) is 2.15. The summed E-state index contributed by atoms with van der Waals surface area (Å²) < 4.78 is 0. The van der Waals surface area contributed by atoms with Gasteiger partial charge in [0.25, 0.3) is 0 Å². The number of hydrogen-bond donors (Lipinski definition) is 1. The fraction of sp³-hybridized carbons (Fsp3) is 0. The predicted octanol–water partition coefficient (Wildman–Crippen LogP) is -0.369. The fourth-order valence-electron chi connectivity index (χ4n) is 0.430. The minimum absolute atomic E-state index is 0.394. The third-order valence-electron chi connectivity index (χ3n) is 0.806. The highest BCUT2D eigenvalue weighted by molar-refractivity contribution is 5.94. The van der Waals surface area contributed by atoms with Gasteiger partial charge in [0.2, 0.25) is 5.91 Å². The first-order chi connectivity index (χ1) is 3.80. The molecular weight excluding hydrogens is 102 g/mol. The summed E-state index contributed by atoms with van der Waals surface area (Å²) in [6.45, 7) is 0. The van der Waals surface area contributed by atoms with Gasteiger partial charge < -0.3 is 5.73 Å². The first-order valence-electron chi connectivity index (χ1n) is 2.15. The quantitative estimate of drug-likeness (QED) is 0.487. The van der Waals surface area contributed by atoms with Gasteiger partial charge in [-0.3, -0.25) is 4.79 Å². The van der Waals surface area contributed by atoms with Crippen LogP contribution in [0.3, 0.4) is 0 Å². The lowest BCUT2D eigenvalue weighted by Crippen LogP contribution is -2.18. The van der Waals surface area contributed by atoms with Gasteiger partial charge in [-0.1, -0.05) is 0 Å². The molecule has 1 aliphatic rings. The molecule has 7 radical (unpaired) electrons. The number of nitrogens with two attached hydrogens (primary N) is 1. The van der Waals surface area contributed by atoms with Gasteiger partial charge in [0, 0.05) is 6.42 Å². The van der Waals surface area contributed by atoms with Gasteiger partial charge in [0.15, 0.2) is 0 Å². The number of rotatable bonds is 1. The molecule has 1 amide bonds. The van der Waals surface area contributed by atoms with Gasteiger partial charge in [-0.05, 0) is 19.3 Å². The second kappa shape index (κ2) is 2.16. The Morgan fingerprint density at radius 3 is 2.75 bits per heavy atom. The molecular formula is C6H4NO. The summed E-state index contributed by atoms with van der Waals surface area (Å²) >= 11 is 0. The molecule has 39 valence electrons. The van der Waals surface area contributed by atoms with Crippen LogP contribution in [0.25, 0.3) is 0 Å². The molecule has 0 spiro atoms. The summed E-state index contributed by atoms with van der Waals surface area (Å²) in [5.74, 6) is -0.0590. The lowest BCUT2D eigenvalue weighted by atomic mass is 10.1. The maximum atomic E-state index is 10.2. The maximum Gasteiger partial charge on any atom is 0.225 e. The van der Waals surface area contributed by atoms with Gasteiger partial charge in [-0.15, -0.1) is 0 Å². The Kier molecular flexibility index (Phi) is 1.51. The normalized spacial score (nSPS) is 21.5. The van der Waals surface area contributed by atoms with Crippen molar-refractivity contribution in [3.8, 4) is 0 Å². The van der Waals surface area contributed by atoms with Crippen molar-refractivity contribution in [3.05, 3.63) is 31.6 Å². The summed E-state index contributed by atoms with van der Waals surface area (Å²) in [6, 6.07) is 0. The molecule has 1 saturated carbocycles. The number of amides is 1. The monoisotopic (exact) mass is 106 g/mol. The molecule has 0 aromatic carbocycles. The summed E-state index contributed by atoms with van der Waals surface area (Å²) in [7, 11) is 0. The highest BCUT2D eigenvalue weighted by atomic mass is 16.1. The van der Waals surface area contributed by atoms with Crippen molar-refractivity contribution in [2.75, 3.05) is 0 Å². The third kappa shape index (κ3) is 0.997. The molecule has 0 aromatic heterocycles. The van der Waals surface area contributed by atoms with E-state index in [1.807, 2.05) is 0 Å². The zero-order valence-electron chi connectivity index (χ0n) is 4.14. The smallest absolute Gasteiger partial charge is 0.225 e. The highest BCUT2D eigenvalue weighted by Crippen LogP contribution is 2.21. The molecule has 0 atom stereocenters. The Morgan fingerprint density at radius 1 is 1.75 bits per heavy atom. The minimum atomic E-state index is -0.453. The summed E-state index contributed by atoms with van der Waals surface area (Å²) in [4.78, 5) is 10.2. The molecule has 2 nitrogen and oxygen atoms in total. The Labute approximate surface area is 49.1 Å². The van der Waals surface area contributed by atoms with Crippen LogP contribution in [0.5, 0.6) is 0 Å². The van der Waals surface area contributed by atoms with E-state index in [2.05, 4.69) is 12.8 Å². The lowest BCUT2D eigenvalue weighted by Gasteiger charge is -1.96. The Hall–Kier alpha value is -0.530. The van der Waals surface area contributed by atoms with E-state index in [4.69, 9.17) is 5.73 Å². The van der Waals surface area contributed by atoms with Gasteiger partial charge in [-0.2, -0.15) is 0 Å². The van der Waals surface area contributed by atoms with Crippen LogP contribution in [0.2, 0.25) is 0 Å². The molecule has 2 heteroatoms. The van der Waals surface area contributed by atoms with Crippen molar-refractivity contribution in [3.63, 3.8) is 0 Å². The molecule has 1 aliphatic carbocycles. The second-order valence-corrected chi connectivity index (χ2v) is 1.38. The molecule has 0 saturated heterocycles. The van der Waals surface area contributed by atoms with Crippen molar-refractivity contribution in [2.24, 2.45) is 5.73 Å². The van der Waals surface area contributed by atoms with Crippen LogP contribution in [0.1, 0.15) is 0 Å². The van der Waals surface area contributed by atoms with Gasteiger partial charge >= 0.3 is 0 Å². The molecule has 0 heterocycles. The van der Waals surface area contributed by atoms with Crippen LogP contribution >= 0.6 is 0 Å². The van der Waals surface area contributed by atoms with E-state index in [-0.39, 0.29) is 0 Å². The highest BCUT2D eigenvalue weighted by Gasteiger charge is 2.22. The molecule has 1 fully saturated rings. The van der Waals surface area contributed by atoms with Crippen LogP contribution in [-0.4, -0.2) is 5.91 Å². The van der Waals surface area contributed by atoms with E-state index < -0.39 is 5.91 Å². The SMILES string of the molecule is NC(=O)[C]1[C][C][CH][CH]1. The van der Waals surface area contributed by atoms with E-state index in [0.717, 1.165) is 0 Å². The van der Waals surface area contributed by atoms with Gasteiger partial charge in [0.1, 0.15) is 0 Å². The molecule has 0 aromatic rings. The van der Waals surface area contributed by atoms with Crippen LogP contribution in [0, 0.1) is 31.6 Å². The standard InChI is InChI=1S/C6H4NO/c7-6(8)5-3-1-2-4-5/h1,3H,(H2,7,8).